The number of aromatic nitrogens is 2. The van der Waals surface area contributed by atoms with E-state index in [2.05, 4.69) is 15.3 Å². The van der Waals surface area contributed by atoms with Gasteiger partial charge in [0.25, 0.3) is 0 Å². The Morgan fingerprint density at radius 3 is 2.93 bits per heavy atom. The first-order valence-corrected chi connectivity index (χ1v) is 10.2. The Morgan fingerprint density at radius 2 is 2.11 bits per heavy atom. The number of carbonyl (C=O) groups is 1. The van der Waals surface area contributed by atoms with Crippen molar-refractivity contribution in [1.82, 2.24) is 9.97 Å². The third-order valence-corrected chi connectivity index (χ3v) is 6.13. The summed E-state index contributed by atoms with van der Waals surface area (Å²) in [5.41, 5.74) is 2.77. The van der Waals surface area contributed by atoms with Gasteiger partial charge in [0.2, 0.25) is 0 Å². The molecule has 0 spiro atoms. The number of aromatic carboxylic acids is 1. The molecule has 0 bridgehead atoms. The molecule has 0 amide bonds. The summed E-state index contributed by atoms with van der Waals surface area (Å²) in [6, 6.07) is 13.8. The van der Waals surface area contributed by atoms with E-state index in [4.69, 9.17) is 9.84 Å². The average molecular weight is 410 g/mol. The highest BCUT2D eigenvalue weighted by Crippen LogP contribution is 2.40. The minimum atomic E-state index is -1.02. The molecule has 0 atom stereocenters. The Kier molecular flexibility index (Phi) is 4.10. The summed E-state index contributed by atoms with van der Waals surface area (Å²) in [4.78, 5) is 21.9. The Balaban J connectivity index is 1.43. The summed E-state index contributed by atoms with van der Waals surface area (Å²) >= 11 is 2.91. The van der Waals surface area contributed by atoms with Crippen LogP contribution in [0.5, 0.6) is 5.75 Å². The van der Waals surface area contributed by atoms with Crippen LogP contribution in [-0.2, 0) is 0 Å². The lowest BCUT2D eigenvalue weighted by Crippen LogP contribution is -2.28. The molecule has 3 heterocycles. The van der Waals surface area contributed by atoms with Gasteiger partial charge < -0.3 is 20.1 Å². The van der Waals surface area contributed by atoms with E-state index in [1.807, 2.05) is 47.4 Å². The van der Waals surface area contributed by atoms with Crippen molar-refractivity contribution in [1.29, 1.82) is 0 Å². The number of nitrogens with one attached hydrogen (secondary N) is 1. The van der Waals surface area contributed by atoms with Crippen molar-refractivity contribution < 1.29 is 14.6 Å². The first-order chi connectivity index (χ1) is 13.7. The molecule has 0 unspecified atom stereocenters. The molecule has 9 heteroatoms. The molecule has 28 heavy (non-hydrogen) atoms. The first-order valence-electron chi connectivity index (χ1n) is 8.53. The van der Waals surface area contributed by atoms with Crippen molar-refractivity contribution in [3.8, 4) is 5.75 Å². The van der Waals surface area contributed by atoms with Gasteiger partial charge >= 0.3 is 5.97 Å². The van der Waals surface area contributed by atoms with E-state index in [1.54, 1.807) is 16.7 Å². The standard InChI is InChI=1S/C19H14N4O3S2/c24-17(25)13-10-27-19(22-13)23-7-8-26-15-9-11(5-6-14(15)23)20-18-21-12-3-1-2-4-16(12)28-18/h1-6,9-10H,7-8H2,(H,20,21)(H,24,25). The van der Waals surface area contributed by atoms with Crippen LogP contribution < -0.4 is 15.0 Å². The SMILES string of the molecule is O=C(O)c1csc(N2CCOc3cc(Nc4nc5ccccc5s4)ccc32)n1. The lowest BCUT2D eigenvalue weighted by atomic mass is 10.2. The minimum Gasteiger partial charge on any atom is -0.489 e. The molecule has 2 aromatic carbocycles. The number of fused-ring (bicyclic) bond motifs is 2. The highest BCUT2D eigenvalue weighted by Gasteiger charge is 2.23. The van der Waals surface area contributed by atoms with Gasteiger partial charge in [0.15, 0.2) is 16.0 Å². The quantitative estimate of drug-likeness (QED) is 0.503. The number of para-hydroxylation sites is 1. The van der Waals surface area contributed by atoms with Crippen molar-refractivity contribution in [2.24, 2.45) is 0 Å². The summed E-state index contributed by atoms with van der Waals surface area (Å²) < 4.78 is 6.96. The minimum absolute atomic E-state index is 0.0576. The highest BCUT2D eigenvalue weighted by molar-refractivity contribution is 7.22. The van der Waals surface area contributed by atoms with Crippen LogP contribution in [0.25, 0.3) is 10.2 Å². The first kappa shape index (κ1) is 17.0. The maximum absolute atomic E-state index is 11.1. The van der Waals surface area contributed by atoms with Gasteiger partial charge in [-0.25, -0.2) is 14.8 Å². The van der Waals surface area contributed by atoms with Gasteiger partial charge in [0.1, 0.15) is 12.4 Å². The van der Waals surface area contributed by atoms with E-state index in [0.717, 1.165) is 32.5 Å². The molecule has 1 aliphatic rings. The fourth-order valence-electron chi connectivity index (χ4n) is 3.03. The number of benzene rings is 2. The Morgan fingerprint density at radius 1 is 1.21 bits per heavy atom. The molecule has 0 fully saturated rings. The monoisotopic (exact) mass is 410 g/mol. The molecule has 4 aromatic rings. The van der Waals surface area contributed by atoms with Crippen molar-refractivity contribution in [2.75, 3.05) is 23.4 Å². The van der Waals surface area contributed by atoms with Crippen LogP contribution >= 0.6 is 22.7 Å². The zero-order valence-electron chi connectivity index (χ0n) is 14.5. The zero-order valence-corrected chi connectivity index (χ0v) is 16.1. The number of hydrogen-bond acceptors (Lipinski definition) is 8. The molecule has 2 aromatic heterocycles. The molecule has 7 nitrogen and oxygen atoms in total. The molecule has 0 aliphatic carbocycles. The maximum Gasteiger partial charge on any atom is 0.355 e. The number of carboxylic acid groups (broad SMARTS) is 1. The second-order valence-electron chi connectivity index (χ2n) is 6.11. The number of thiazole rings is 2. The summed E-state index contributed by atoms with van der Waals surface area (Å²) in [6.45, 7) is 1.11. The topological polar surface area (TPSA) is 87.6 Å². The van der Waals surface area contributed by atoms with Crippen LogP contribution in [0.1, 0.15) is 10.5 Å². The van der Waals surface area contributed by atoms with Crippen molar-refractivity contribution in [2.45, 2.75) is 0 Å². The van der Waals surface area contributed by atoms with Gasteiger partial charge in [-0.3, -0.25) is 0 Å². The fourth-order valence-corrected chi connectivity index (χ4v) is 4.76. The summed E-state index contributed by atoms with van der Waals surface area (Å²) in [6.07, 6.45) is 0. The van der Waals surface area contributed by atoms with E-state index >= 15 is 0 Å². The molecule has 0 radical (unpaired) electrons. The Hall–Kier alpha value is -3.17. The number of ether oxygens (including phenoxy) is 1. The third-order valence-electron chi connectivity index (χ3n) is 4.31. The van der Waals surface area contributed by atoms with E-state index in [1.165, 1.54) is 11.3 Å². The zero-order chi connectivity index (χ0) is 19.1. The van der Waals surface area contributed by atoms with Crippen LogP contribution in [0.15, 0.2) is 47.8 Å². The van der Waals surface area contributed by atoms with E-state index < -0.39 is 5.97 Å². The Bertz CT molecular complexity index is 1150. The molecule has 1 aliphatic heterocycles. The van der Waals surface area contributed by atoms with Crippen LogP contribution in [-0.4, -0.2) is 34.2 Å². The van der Waals surface area contributed by atoms with Crippen LogP contribution in [0, 0.1) is 0 Å². The predicted molar refractivity (Wildman–Crippen MR) is 111 cm³/mol. The van der Waals surface area contributed by atoms with Gasteiger partial charge in [0, 0.05) is 17.1 Å². The third kappa shape index (κ3) is 3.04. The summed E-state index contributed by atoms with van der Waals surface area (Å²) in [5, 5.41) is 15.5. The van der Waals surface area contributed by atoms with E-state index in [-0.39, 0.29) is 5.69 Å². The van der Waals surface area contributed by atoms with Gasteiger partial charge in [-0.05, 0) is 24.3 Å². The normalized spacial score (nSPS) is 13.2. The predicted octanol–water partition coefficient (Wildman–Crippen LogP) is 4.73. The number of carboxylic acids is 1. The molecule has 140 valence electrons. The molecule has 5 rings (SSSR count). The maximum atomic E-state index is 11.1. The number of rotatable bonds is 4. The van der Waals surface area contributed by atoms with E-state index in [0.29, 0.717) is 18.3 Å². The molecular weight excluding hydrogens is 396 g/mol. The van der Waals surface area contributed by atoms with Gasteiger partial charge in [0.05, 0.1) is 22.4 Å². The fraction of sp³-hybridized carbons (Fsp3) is 0.105. The highest BCUT2D eigenvalue weighted by atomic mass is 32.1. The number of nitrogens with zero attached hydrogens (tertiary/aromatic N) is 3. The van der Waals surface area contributed by atoms with Crippen LogP contribution in [0.4, 0.5) is 21.6 Å². The van der Waals surface area contributed by atoms with Crippen molar-refractivity contribution >= 4 is 60.5 Å². The Labute approximate surface area is 167 Å². The van der Waals surface area contributed by atoms with Crippen molar-refractivity contribution in [3.05, 3.63) is 53.5 Å². The van der Waals surface area contributed by atoms with Gasteiger partial charge in [-0.1, -0.05) is 23.5 Å². The van der Waals surface area contributed by atoms with Crippen LogP contribution in [0.2, 0.25) is 0 Å². The molecule has 0 saturated heterocycles. The second kappa shape index (κ2) is 6.77. The van der Waals surface area contributed by atoms with Crippen molar-refractivity contribution in [3.63, 3.8) is 0 Å². The second-order valence-corrected chi connectivity index (χ2v) is 7.98. The lowest BCUT2D eigenvalue weighted by molar-refractivity contribution is 0.0691. The van der Waals surface area contributed by atoms with Crippen LogP contribution in [0.3, 0.4) is 0 Å². The van der Waals surface area contributed by atoms with Gasteiger partial charge in [-0.15, -0.1) is 11.3 Å². The molecule has 2 N–H and O–H groups in total. The molecular formula is C19H14N4O3S2. The average Bonchev–Trinajstić information content (AvgIpc) is 3.34. The number of hydrogen-bond donors (Lipinski definition) is 2. The van der Waals surface area contributed by atoms with Gasteiger partial charge in [-0.2, -0.15) is 0 Å². The summed E-state index contributed by atoms with van der Waals surface area (Å²) in [5.74, 6) is -0.296. The summed E-state index contributed by atoms with van der Waals surface area (Å²) in [7, 11) is 0. The lowest BCUT2D eigenvalue weighted by Gasteiger charge is -2.29. The largest absolute Gasteiger partial charge is 0.489 e. The smallest absolute Gasteiger partial charge is 0.355 e. The molecule has 0 saturated carbocycles. The van der Waals surface area contributed by atoms with E-state index in [9.17, 15) is 4.79 Å². The number of anilines is 4.